The van der Waals surface area contributed by atoms with Gasteiger partial charge in [-0.3, -0.25) is 10.1 Å². The number of nitrogens with two attached hydrogens (primary N) is 1. The van der Waals surface area contributed by atoms with Gasteiger partial charge in [0.1, 0.15) is 6.20 Å². The molecule has 0 aromatic carbocycles. The van der Waals surface area contributed by atoms with E-state index in [1.165, 1.54) is 6.26 Å². The van der Waals surface area contributed by atoms with Crippen LogP contribution >= 0.6 is 0 Å². The van der Waals surface area contributed by atoms with Crippen LogP contribution in [0.1, 0.15) is 0 Å². The Kier molecular flexibility index (Phi) is 2.05. The molecular weight excluding hydrogens is 200 g/mol. The van der Waals surface area contributed by atoms with Crippen LogP contribution in [0.3, 0.4) is 0 Å². The van der Waals surface area contributed by atoms with Crippen molar-refractivity contribution >= 4 is 11.6 Å². The predicted octanol–water partition coefficient (Wildman–Crippen LogP) is 1.23. The number of furan rings is 1. The Hall–Kier alpha value is -2.44. The van der Waals surface area contributed by atoms with E-state index < -0.39 is 4.92 Å². The molecule has 0 spiro atoms. The summed E-state index contributed by atoms with van der Waals surface area (Å²) in [7, 11) is 0. The number of nitro groups is 1. The summed E-state index contributed by atoms with van der Waals surface area (Å²) in [4.78, 5) is 17.4. The van der Waals surface area contributed by atoms with Gasteiger partial charge in [0, 0.05) is 0 Å². The maximum atomic E-state index is 10.7. The number of nitrogens with zero attached hydrogens (tertiary/aromatic N) is 3. The van der Waals surface area contributed by atoms with Gasteiger partial charge in [0.15, 0.2) is 11.5 Å². The van der Waals surface area contributed by atoms with Gasteiger partial charge in [-0.2, -0.15) is 0 Å². The van der Waals surface area contributed by atoms with E-state index in [1.807, 2.05) is 0 Å². The monoisotopic (exact) mass is 206 g/mol. The number of hydrogen-bond donors (Lipinski definition) is 1. The molecule has 0 aliphatic heterocycles. The second-order valence-corrected chi connectivity index (χ2v) is 2.70. The number of aromatic nitrogens is 2. The van der Waals surface area contributed by atoms with Crippen LogP contribution in [0.4, 0.5) is 11.6 Å². The Bertz CT molecular complexity index is 495. The van der Waals surface area contributed by atoms with E-state index in [4.69, 9.17) is 10.2 Å². The summed E-state index contributed by atoms with van der Waals surface area (Å²) in [5.74, 6) is 0.253. The molecule has 0 radical (unpaired) electrons. The van der Waals surface area contributed by atoms with E-state index in [0.717, 1.165) is 6.20 Å². The van der Waals surface area contributed by atoms with Crippen molar-refractivity contribution in [2.45, 2.75) is 0 Å². The van der Waals surface area contributed by atoms with E-state index in [0.29, 0.717) is 0 Å². The lowest BCUT2D eigenvalue weighted by molar-refractivity contribution is -0.384. The molecule has 0 bridgehead atoms. The largest absolute Gasteiger partial charge is 0.462 e. The van der Waals surface area contributed by atoms with Crippen molar-refractivity contribution in [3.05, 3.63) is 34.7 Å². The first-order valence-corrected chi connectivity index (χ1v) is 3.99. The number of anilines is 1. The van der Waals surface area contributed by atoms with Gasteiger partial charge in [-0.1, -0.05) is 0 Å². The third-order valence-corrected chi connectivity index (χ3v) is 1.74. The SMILES string of the molecule is Nc1ncc([N+](=O)[O-])c(-c2ccco2)n1. The third-order valence-electron chi connectivity index (χ3n) is 1.74. The first-order valence-electron chi connectivity index (χ1n) is 3.99. The third kappa shape index (κ3) is 1.62. The van der Waals surface area contributed by atoms with Crippen molar-refractivity contribution in [3.8, 4) is 11.5 Å². The first-order chi connectivity index (χ1) is 7.18. The van der Waals surface area contributed by atoms with Crippen LogP contribution in [0.5, 0.6) is 0 Å². The van der Waals surface area contributed by atoms with Crippen LogP contribution < -0.4 is 5.73 Å². The maximum absolute atomic E-state index is 10.7. The van der Waals surface area contributed by atoms with Gasteiger partial charge in [0.25, 0.3) is 0 Å². The van der Waals surface area contributed by atoms with Crippen LogP contribution in [0, 0.1) is 10.1 Å². The Labute approximate surface area is 83.7 Å². The summed E-state index contributed by atoms with van der Waals surface area (Å²) in [5.41, 5.74) is 5.19. The Morgan fingerprint density at radius 3 is 2.93 bits per heavy atom. The van der Waals surface area contributed by atoms with E-state index in [2.05, 4.69) is 9.97 Å². The molecule has 0 amide bonds. The molecule has 0 unspecified atom stereocenters. The van der Waals surface area contributed by atoms with Crippen molar-refractivity contribution in [2.75, 3.05) is 5.73 Å². The smallest absolute Gasteiger partial charge is 0.317 e. The van der Waals surface area contributed by atoms with Crippen molar-refractivity contribution in [3.63, 3.8) is 0 Å². The highest BCUT2D eigenvalue weighted by atomic mass is 16.6. The second kappa shape index (κ2) is 3.37. The van der Waals surface area contributed by atoms with Gasteiger partial charge in [0.2, 0.25) is 5.95 Å². The molecule has 0 aliphatic carbocycles. The summed E-state index contributed by atoms with van der Waals surface area (Å²) in [6, 6.07) is 3.17. The predicted molar refractivity (Wildman–Crippen MR) is 50.8 cm³/mol. The lowest BCUT2D eigenvalue weighted by Crippen LogP contribution is -2.00. The fraction of sp³-hybridized carbons (Fsp3) is 0. The van der Waals surface area contributed by atoms with Crippen LogP contribution in [-0.4, -0.2) is 14.9 Å². The highest BCUT2D eigenvalue weighted by Gasteiger charge is 2.19. The standard InChI is InChI=1S/C8H6N4O3/c9-8-10-4-5(12(13)14)7(11-8)6-2-1-3-15-6/h1-4H,(H2,9,10,11). The Balaban J connectivity index is 2.63. The zero-order valence-corrected chi connectivity index (χ0v) is 7.45. The van der Waals surface area contributed by atoms with Crippen molar-refractivity contribution in [1.82, 2.24) is 9.97 Å². The average Bonchev–Trinajstić information content (AvgIpc) is 2.69. The topological polar surface area (TPSA) is 108 Å². The molecule has 0 saturated heterocycles. The van der Waals surface area contributed by atoms with Gasteiger partial charge < -0.3 is 10.2 Å². The molecule has 0 saturated carbocycles. The maximum Gasteiger partial charge on any atom is 0.317 e. The van der Waals surface area contributed by atoms with Gasteiger partial charge in [-0.05, 0) is 12.1 Å². The molecule has 0 aliphatic rings. The van der Waals surface area contributed by atoms with Crippen LogP contribution in [0.2, 0.25) is 0 Å². The molecule has 0 fully saturated rings. The minimum absolute atomic E-state index is 0.0352. The van der Waals surface area contributed by atoms with E-state index in [1.54, 1.807) is 12.1 Å². The zero-order chi connectivity index (χ0) is 10.8. The minimum Gasteiger partial charge on any atom is -0.462 e. The van der Waals surface area contributed by atoms with E-state index in [9.17, 15) is 10.1 Å². The number of hydrogen-bond acceptors (Lipinski definition) is 6. The normalized spacial score (nSPS) is 10.1. The van der Waals surface area contributed by atoms with Crippen molar-refractivity contribution in [2.24, 2.45) is 0 Å². The summed E-state index contributed by atoms with van der Waals surface area (Å²) in [5, 5.41) is 10.7. The van der Waals surface area contributed by atoms with Crippen LogP contribution in [-0.2, 0) is 0 Å². The molecule has 2 rings (SSSR count). The molecule has 7 heteroatoms. The lowest BCUT2D eigenvalue weighted by Gasteiger charge is -1.98. The van der Waals surface area contributed by atoms with Crippen molar-refractivity contribution < 1.29 is 9.34 Å². The van der Waals surface area contributed by atoms with Gasteiger partial charge in [-0.25, -0.2) is 9.97 Å². The van der Waals surface area contributed by atoms with E-state index in [-0.39, 0.29) is 23.1 Å². The first kappa shape index (κ1) is 9.13. The van der Waals surface area contributed by atoms with Crippen LogP contribution in [0.15, 0.2) is 29.0 Å². The van der Waals surface area contributed by atoms with Crippen molar-refractivity contribution in [1.29, 1.82) is 0 Å². The minimum atomic E-state index is -0.586. The summed E-state index contributed by atoms with van der Waals surface area (Å²) >= 11 is 0. The molecule has 2 aromatic rings. The lowest BCUT2D eigenvalue weighted by atomic mass is 10.3. The van der Waals surface area contributed by atoms with Crippen LogP contribution in [0.25, 0.3) is 11.5 Å². The summed E-state index contributed by atoms with van der Waals surface area (Å²) in [6.07, 6.45) is 2.46. The molecule has 15 heavy (non-hydrogen) atoms. The quantitative estimate of drug-likeness (QED) is 0.584. The molecule has 7 nitrogen and oxygen atoms in total. The fourth-order valence-electron chi connectivity index (χ4n) is 1.12. The van der Waals surface area contributed by atoms with Gasteiger partial charge in [0.05, 0.1) is 11.2 Å². The highest BCUT2D eigenvalue weighted by Crippen LogP contribution is 2.27. The number of rotatable bonds is 2. The molecular formula is C8H6N4O3. The summed E-state index contributed by atoms with van der Waals surface area (Å²) < 4.78 is 5.02. The zero-order valence-electron chi connectivity index (χ0n) is 7.45. The molecule has 2 heterocycles. The Morgan fingerprint density at radius 2 is 2.33 bits per heavy atom. The average molecular weight is 206 g/mol. The highest BCUT2D eigenvalue weighted by molar-refractivity contribution is 5.64. The molecule has 2 N–H and O–H groups in total. The second-order valence-electron chi connectivity index (χ2n) is 2.70. The van der Waals surface area contributed by atoms with Gasteiger partial charge in [-0.15, -0.1) is 0 Å². The molecule has 76 valence electrons. The molecule has 0 atom stereocenters. The number of nitrogen functional groups attached to an aromatic ring is 1. The summed E-state index contributed by atoms with van der Waals surface area (Å²) in [6.45, 7) is 0. The molecule has 2 aromatic heterocycles. The fourth-order valence-corrected chi connectivity index (χ4v) is 1.12. The van der Waals surface area contributed by atoms with Gasteiger partial charge >= 0.3 is 5.69 Å². The van der Waals surface area contributed by atoms with E-state index >= 15 is 0 Å². The Morgan fingerprint density at radius 1 is 1.53 bits per heavy atom.